The number of hydrogen-bond donors (Lipinski definition) is 2. The van der Waals surface area contributed by atoms with Crippen molar-refractivity contribution in [3.8, 4) is 0 Å². The normalized spacial score (nSPS) is 13.6. The molecule has 0 aromatic heterocycles. The zero-order valence-electron chi connectivity index (χ0n) is 13.8. The number of nitrogens with one attached hydrogen (secondary N) is 1. The Morgan fingerprint density at radius 2 is 2.04 bits per heavy atom. The first-order valence-electron chi connectivity index (χ1n) is 7.32. The molecule has 0 aliphatic heterocycles. The first kappa shape index (κ1) is 19.6. The minimum Gasteiger partial charge on any atom is -0.460 e. The van der Waals surface area contributed by atoms with Crippen LogP contribution in [-0.4, -0.2) is 24.1 Å². The smallest absolute Gasteiger partial charge is 0.308 e. The van der Waals surface area contributed by atoms with E-state index in [1.807, 2.05) is 33.8 Å². The molecule has 0 aliphatic rings. The zero-order valence-corrected chi connectivity index (χ0v) is 15.3. The summed E-state index contributed by atoms with van der Waals surface area (Å²) in [4.78, 5) is 15.7. The van der Waals surface area contributed by atoms with E-state index >= 15 is 0 Å². The number of hydrogen-bond acceptors (Lipinski definition) is 3. The van der Waals surface area contributed by atoms with E-state index in [9.17, 15) is 4.79 Å². The van der Waals surface area contributed by atoms with Crippen molar-refractivity contribution >= 4 is 35.1 Å². The van der Waals surface area contributed by atoms with E-state index in [2.05, 4.69) is 10.3 Å². The van der Waals surface area contributed by atoms with Crippen molar-refractivity contribution < 1.29 is 9.53 Å². The number of carbonyl (C=O) groups is 1. The number of nitrogens with zero attached hydrogens (tertiary/aromatic N) is 1. The van der Waals surface area contributed by atoms with E-state index in [-0.39, 0.29) is 30.9 Å². The molecule has 1 aromatic rings. The predicted octanol–water partition coefficient (Wildman–Crippen LogP) is 3.69. The molecular weight excluding hydrogens is 337 g/mol. The average molecular weight is 360 g/mol. The maximum Gasteiger partial charge on any atom is 0.308 e. The lowest BCUT2D eigenvalue weighted by molar-refractivity contribution is -0.154. The number of nitrogens with two attached hydrogens (primary N) is 1. The van der Waals surface area contributed by atoms with Gasteiger partial charge in [0.1, 0.15) is 5.60 Å². The van der Waals surface area contributed by atoms with Gasteiger partial charge in [-0.25, -0.2) is 0 Å². The first-order valence-corrected chi connectivity index (χ1v) is 8.07. The number of guanidine groups is 1. The summed E-state index contributed by atoms with van der Waals surface area (Å²) in [5, 5.41) is 4.16. The molecule has 23 heavy (non-hydrogen) atoms. The molecule has 0 radical (unpaired) electrons. The number of benzene rings is 1. The van der Waals surface area contributed by atoms with Crippen LogP contribution < -0.4 is 11.1 Å². The summed E-state index contributed by atoms with van der Waals surface area (Å²) in [7, 11) is 0. The fourth-order valence-electron chi connectivity index (χ4n) is 1.86. The highest BCUT2D eigenvalue weighted by Crippen LogP contribution is 2.25. The quantitative estimate of drug-likeness (QED) is 0.477. The third kappa shape index (κ3) is 7.57. The first-order chi connectivity index (χ1) is 10.6. The second kappa shape index (κ2) is 8.41. The van der Waals surface area contributed by atoms with Crippen LogP contribution >= 0.6 is 23.2 Å². The summed E-state index contributed by atoms with van der Waals surface area (Å²) in [6.07, 6.45) is 0.176. The summed E-state index contributed by atoms with van der Waals surface area (Å²) in [6.45, 7) is 7.63. The van der Waals surface area contributed by atoms with E-state index in [1.165, 1.54) is 0 Å². The Morgan fingerprint density at radius 3 is 2.61 bits per heavy atom. The molecule has 5 nitrogen and oxygen atoms in total. The van der Waals surface area contributed by atoms with E-state index in [0.29, 0.717) is 10.0 Å². The van der Waals surface area contributed by atoms with Gasteiger partial charge >= 0.3 is 5.97 Å². The molecule has 0 saturated carbocycles. The van der Waals surface area contributed by atoms with Crippen LogP contribution in [0.25, 0.3) is 0 Å². The Balaban J connectivity index is 2.51. The maximum atomic E-state index is 11.6. The van der Waals surface area contributed by atoms with Gasteiger partial charge in [0.2, 0.25) is 0 Å². The highest BCUT2D eigenvalue weighted by atomic mass is 35.5. The third-order valence-electron chi connectivity index (χ3n) is 2.81. The van der Waals surface area contributed by atoms with Gasteiger partial charge in [-0.15, -0.1) is 0 Å². The van der Waals surface area contributed by atoms with Crippen LogP contribution in [0.3, 0.4) is 0 Å². The standard InChI is InChI=1S/C16H23Cl2N3O2/c1-10(12-6-5-11(17)9-13(12)18)21-15(19)20-8-7-14(22)23-16(2,3)4/h5-6,9-10H,7-8H2,1-4H3,(H3,19,20,21). The number of aliphatic imine (C=N–C) groups is 1. The molecule has 0 heterocycles. The van der Waals surface area contributed by atoms with Gasteiger partial charge in [0.25, 0.3) is 0 Å². The molecule has 1 rings (SSSR count). The second-order valence-corrected chi connectivity index (χ2v) is 6.98. The van der Waals surface area contributed by atoms with Gasteiger partial charge in [0.15, 0.2) is 5.96 Å². The molecule has 0 aliphatic carbocycles. The van der Waals surface area contributed by atoms with Crippen LogP contribution in [0.1, 0.15) is 45.7 Å². The van der Waals surface area contributed by atoms with Crippen molar-refractivity contribution in [3.63, 3.8) is 0 Å². The lowest BCUT2D eigenvalue weighted by atomic mass is 10.1. The van der Waals surface area contributed by atoms with Crippen molar-refractivity contribution in [2.24, 2.45) is 10.7 Å². The Bertz CT molecular complexity index is 583. The van der Waals surface area contributed by atoms with E-state index < -0.39 is 5.60 Å². The SMILES string of the molecule is CC(NC(N)=NCCC(=O)OC(C)(C)C)c1ccc(Cl)cc1Cl. The zero-order chi connectivity index (χ0) is 17.6. The van der Waals surface area contributed by atoms with Crippen molar-refractivity contribution in [2.45, 2.75) is 45.8 Å². The van der Waals surface area contributed by atoms with Crippen molar-refractivity contribution in [1.29, 1.82) is 0 Å². The molecule has 3 N–H and O–H groups in total. The van der Waals surface area contributed by atoms with E-state index in [1.54, 1.807) is 12.1 Å². The Labute approximate surface area is 147 Å². The Kier molecular flexibility index (Phi) is 7.16. The lowest BCUT2D eigenvalue weighted by Gasteiger charge is -2.19. The summed E-state index contributed by atoms with van der Waals surface area (Å²) in [5.41, 5.74) is 6.19. The molecule has 1 aromatic carbocycles. The highest BCUT2D eigenvalue weighted by molar-refractivity contribution is 6.35. The molecule has 7 heteroatoms. The van der Waals surface area contributed by atoms with Crippen LogP contribution in [0, 0.1) is 0 Å². The maximum absolute atomic E-state index is 11.6. The summed E-state index contributed by atoms with van der Waals surface area (Å²) < 4.78 is 5.20. The molecule has 0 fully saturated rings. The minimum atomic E-state index is -0.496. The topological polar surface area (TPSA) is 76.7 Å². The van der Waals surface area contributed by atoms with Crippen LogP contribution in [0.2, 0.25) is 10.0 Å². The molecule has 0 spiro atoms. The molecule has 1 unspecified atom stereocenters. The van der Waals surface area contributed by atoms with Gasteiger partial charge in [-0.3, -0.25) is 9.79 Å². The number of ether oxygens (including phenoxy) is 1. The molecule has 0 saturated heterocycles. The van der Waals surface area contributed by atoms with Gasteiger partial charge in [0.05, 0.1) is 19.0 Å². The monoisotopic (exact) mass is 359 g/mol. The number of esters is 1. The summed E-state index contributed by atoms with van der Waals surface area (Å²) >= 11 is 12.0. The second-order valence-electron chi connectivity index (χ2n) is 6.14. The summed E-state index contributed by atoms with van der Waals surface area (Å²) in [5.74, 6) is -0.0603. The number of halogens is 2. The van der Waals surface area contributed by atoms with Gasteiger partial charge in [-0.2, -0.15) is 0 Å². The van der Waals surface area contributed by atoms with Gasteiger partial charge < -0.3 is 15.8 Å². The van der Waals surface area contributed by atoms with Gasteiger partial charge in [-0.05, 0) is 45.4 Å². The molecule has 0 bridgehead atoms. The van der Waals surface area contributed by atoms with Crippen LogP contribution in [0.4, 0.5) is 0 Å². The largest absolute Gasteiger partial charge is 0.460 e. The fraction of sp³-hybridized carbons (Fsp3) is 0.500. The number of carbonyl (C=O) groups excluding carboxylic acids is 1. The fourth-order valence-corrected chi connectivity index (χ4v) is 2.43. The lowest BCUT2D eigenvalue weighted by Crippen LogP contribution is -2.34. The third-order valence-corrected chi connectivity index (χ3v) is 3.37. The Morgan fingerprint density at radius 1 is 1.39 bits per heavy atom. The Hall–Kier alpha value is -1.46. The highest BCUT2D eigenvalue weighted by Gasteiger charge is 2.15. The minimum absolute atomic E-state index is 0.134. The van der Waals surface area contributed by atoms with Crippen LogP contribution in [-0.2, 0) is 9.53 Å². The molecule has 0 amide bonds. The molecular formula is C16H23Cl2N3O2. The molecule has 1 atom stereocenters. The van der Waals surface area contributed by atoms with E-state index in [0.717, 1.165) is 5.56 Å². The number of rotatable bonds is 5. The van der Waals surface area contributed by atoms with Crippen LogP contribution in [0.15, 0.2) is 23.2 Å². The van der Waals surface area contributed by atoms with Crippen molar-refractivity contribution in [3.05, 3.63) is 33.8 Å². The van der Waals surface area contributed by atoms with Crippen molar-refractivity contribution in [1.82, 2.24) is 5.32 Å². The van der Waals surface area contributed by atoms with E-state index in [4.69, 9.17) is 33.7 Å². The average Bonchev–Trinajstić information content (AvgIpc) is 2.35. The van der Waals surface area contributed by atoms with Gasteiger partial charge in [-0.1, -0.05) is 29.3 Å². The van der Waals surface area contributed by atoms with Crippen molar-refractivity contribution in [2.75, 3.05) is 6.54 Å². The summed E-state index contributed by atoms with van der Waals surface area (Å²) in [6, 6.07) is 5.13. The molecule has 128 valence electrons. The van der Waals surface area contributed by atoms with Gasteiger partial charge in [0, 0.05) is 10.0 Å². The van der Waals surface area contributed by atoms with Crippen LogP contribution in [0.5, 0.6) is 0 Å². The predicted molar refractivity (Wildman–Crippen MR) is 95.0 cm³/mol.